The van der Waals surface area contributed by atoms with Gasteiger partial charge in [0.15, 0.2) is 11.2 Å². The number of hydrogen-bond donors (Lipinski definition) is 1. The number of aromatic nitrogens is 4. The number of likely N-dealkylation sites (tertiary alicyclic amines) is 1. The van der Waals surface area contributed by atoms with E-state index in [-0.39, 0.29) is 42.1 Å². The van der Waals surface area contributed by atoms with Gasteiger partial charge >= 0.3 is 5.69 Å². The zero-order chi connectivity index (χ0) is 21.3. The van der Waals surface area contributed by atoms with Crippen molar-refractivity contribution in [2.45, 2.75) is 32.0 Å². The summed E-state index contributed by atoms with van der Waals surface area (Å²) in [6.45, 7) is 2.77. The Morgan fingerprint density at radius 2 is 1.77 bits per heavy atom. The van der Waals surface area contributed by atoms with Gasteiger partial charge in [-0.1, -0.05) is 30.3 Å². The molecule has 1 aromatic carbocycles. The number of hydrogen-bond acceptors (Lipinski definition) is 5. The first-order chi connectivity index (χ1) is 14.4. The van der Waals surface area contributed by atoms with E-state index in [1.165, 1.54) is 28.1 Å². The number of benzene rings is 1. The molecule has 4 rings (SSSR count). The van der Waals surface area contributed by atoms with Gasteiger partial charge in [-0.3, -0.25) is 23.6 Å². The molecule has 1 N–H and O–H groups in total. The number of amides is 1. The highest BCUT2D eigenvalue weighted by Gasteiger charge is 2.22. The number of piperidine rings is 1. The standard InChI is InChI=1S/C21H26N6O3.ClH/c1-24-19-18(20(29)25(2)21(24)30)27(14-22-19)13-17(28)23-16-8-10-26(11-9-16)12-15-6-4-3-5-7-15;/h3-7,14,16H,8-13H2,1-2H3,(H,23,28);1H. The van der Waals surface area contributed by atoms with Crippen LogP contribution in [0, 0.1) is 0 Å². The van der Waals surface area contributed by atoms with E-state index in [9.17, 15) is 14.4 Å². The number of imidazole rings is 1. The second-order valence-electron chi connectivity index (χ2n) is 7.85. The van der Waals surface area contributed by atoms with Crippen molar-refractivity contribution in [3.05, 3.63) is 63.1 Å². The van der Waals surface area contributed by atoms with Crippen molar-refractivity contribution in [2.75, 3.05) is 13.1 Å². The largest absolute Gasteiger partial charge is 0.352 e. The number of fused-ring (bicyclic) bond motifs is 1. The number of carbonyl (C=O) groups excluding carboxylic acids is 1. The predicted molar refractivity (Wildman–Crippen MR) is 120 cm³/mol. The maximum absolute atomic E-state index is 12.6. The van der Waals surface area contributed by atoms with Crippen LogP contribution < -0.4 is 16.6 Å². The summed E-state index contributed by atoms with van der Waals surface area (Å²) in [5, 5.41) is 3.07. The fourth-order valence-electron chi connectivity index (χ4n) is 4.02. The number of rotatable bonds is 5. The molecule has 2 aromatic heterocycles. The highest BCUT2D eigenvalue weighted by Crippen LogP contribution is 2.14. The molecular weight excluding hydrogens is 420 g/mol. The summed E-state index contributed by atoms with van der Waals surface area (Å²) in [6.07, 6.45) is 3.21. The summed E-state index contributed by atoms with van der Waals surface area (Å²) in [7, 11) is 2.98. The molecule has 9 nitrogen and oxygen atoms in total. The molecule has 0 atom stereocenters. The Kier molecular flexibility index (Phi) is 6.97. The van der Waals surface area contributed by atoms with Crippen molar-refractivity contribution in [2.24, 2.45) is 14.1 Å². The Bertz CT molecular complexity index is 1180. The number of carbonyl (C=O) groups is 1. The van der Waals surface area contributed by atoms with Gasteiger partial charge in [-0.2, -0.15) is 0 Å². The van der Waals surface area contributed by atoms with Crippen LogP contribution in [-0.2, 0) is 32.0 Å². The van der Waals surface area contributed by atoms with Crippen molar-refractivity contribution in [1.82, 2.24) is 28.9 Å². The molecule has 0 bridgehead atoms. The first kappa shape index (κ1) is 22.8. The fraction of sp³-hybridized carbons (Fsp3) is 0.429. The van der Waals surface area contributed by atoms with E-state index in [4.69, 9.17) is 0 Å². The number of halogens is 1. The van der Waals surface area contributed by atoms with Crippen LogP contribution in [-0.4, -0.2) is 48.6 Å². The van der Waals surface area contributed by atoms with E-state index in [1.54, 1.807) is 7.05 Å². The van der Waals surface area contributed by atoms with Gasteiger partial charge in [0.25, 0.3) is 5.56 Å². The van der Waals surface area contributed by atoms with Gasteiger partial charge in [-0.05, 0) is 18.4 Å². The summed E-state index contributed by atoms with van der Waals surface area (Å²) in [5.74, 6) is -0.160. The second kappa shape index (κ2) is 9.49. The zero-order valence-electron chi connectivity index (χ0n) is 17.7. The van der Waals surface area contributed by atoms with Crippen LogP contribution in [0.3, 0.4) is 0 Å². The second-order valence-corrected chi connectivity index (χ2v) is 7.85. The van der Waals surface area contributed by atoms with Gasteiger partial charge in [0.1, 0.15) is 6.54 Å². The van der Waals surface area contributed by atoms with Gasteiger partial charge in [-0.25, -0.2) is 9.78 Å². The summed E-state index contributed by atoms with van der Waals surface area (Å²) in [4.78, 5) is 43.7. The summed E-state index contributed by atoms with van der Waals surface area (Å²) in [6, 6.07) is 10.5. The SMILES string of the molecule is Cl.Cn1c(=O)c2c(ncn2CC(=O)NC2CCN(Cc3ccccc3)CC2)n(C)c1=O. The molecule has 3 aromatic rings. The maximum Gasteiger partial charge on any atom is 0.332 e. The van der Waals surface area contributed by atoms with Crippen molar-refractivity contribution in [3.63, 3.8) is 0 Å². The molecule has 3 heterocycles. The molecule has 0 aliphatic carbocycles. The van der Waals surface area contributed by atoms with E-state index < -0.39 is 11.2 Å². The lowest BCUT2D eigenvalue weighted by atomic mass is 10.0. The zero-order valence-corrected chi connectivity index (χ0v) is 18.5. The molecule has 1 fully saturated rings. The predicted octanol–water partition coefficient (Wildman–Crippen LogP) is 0.636. The smallest absolute Gasteiger partial charge is 0.332 e. The third-order valence-corrected chi connectivity index (χ3v) is 5.73. The van der Waals surface area contributed by atoms with E-state index in [0.717, 1.165) is 37.0 Å². The topological polar surface area (TPSA) is 94.2 Å². The van der Waals surface area contributed by atoms with Gasteiger partial charge in [0.05, 0.1) is 6.33 Å². The van der Waals surface area contributed by atoms with Gasteiger partial charge in [-0.15, -0.1) is 12.4 Å². The highest BCUT2D eigenvalue weighted by molar-refractivity contribution is 5.85. The maximum atomic E-state index is 12.6. The van der Waals surface area contributed by atoms with Crippen LogP contribution in [0.5, 0.6) is 0 Å². The minimum absolute atomic E-state index is 0. The lowest BCUT2D eigenvalue weighted by molar-refractivity contribution is -0.122. The molecule has 1 aliphatic rings. The molecule has 166 valence electrons. The Labute approximate surface area is 185 Å². The number of nitrogens with one attached hydrogen (secondary N) is 1. The third kappa shape index (κ3) is 4.72. The fourth-order valence-corrected chi connectivity index (χ4v) is 4.02. The lowest BCUT2D eigenvalue weighted by Gasteiger charge is -2.32. The summed E-state index contributed by atoms with van der Waals surface area (Å²) < 4.78 is 3.85. The molecule has 1 amide bonds. The molecule has 0 unspecified atom stereocenters. The Morgan fingerprint density at radius 1 is 1.10 bits per heavy atom. The first-order valence-electron chi connectivity index (χ1n) is 10.1. The van der Waals surface area contributed by atoms with Crippen LogP contribution in [0.4, 0.5) is 0 Å². The third-order valence-electron chi connectivity index (χ3n) is 5.73. The van der Waals surface area contributed by atoms with Crippen LogP contribution in [0.1, 0.15) is 18.4 Å². The molecule has 1 saturated heterocycles. The molecule has 0 spiro atoms. The van der Waals surface area contributed by atoms with Crippen molar-refractivity contribution < 1.29 is 4.79 Å². The summed E-state index contributed by atoms with van der Waals surface area (Å²) in [5.41, 5.74) is 0.942. The number of aryl methyl sites for hydroxylation is 1. The van der Waals surface area contributed by atoms with E-state index >= 15 is 0 Å². The van der Waals surface area contributed by atoms with Crippen LogP contribution in [0.15, 0.2) is 46.2 Å². The molecule has 10 heteroatoms. The highest BCUT2D eigenvalue weighted by atomic mass is 35.5. The van der Waals surface area contributed by atoms with E-state index in [0.29, 0.717) is 0 Å². The monoisotopic (exact) mass is 446 g/mol. The van der Waals surface area contributed by atoms with Crippen LogP contribution in [0.25, 0.3) is 11.2 Å². The molecule has 0 saturated carbocycles. The van der Waals surface area contributed by atoms with Gasteiger partial charge in [0.2, 0.25) is 5.91 Å². The van der Waals surface area contributed by atoms with Crippen molar-refractivity contribution >= 4 is 29.5 Å². The van der Waals surface area contributed by atoms with Crippen LogP contribution in [0.2, 0.25) is 0 Å². The van der Waals surface area contributed by atoms with Crippen molar-refractivity contribution in [3.8, 4) is 0 Å². The Morgan fingerprint density at radius 3 is 2.45 bits per heavy atom. The van der Waals surface area contributed by atoms with Crippen LogP contribution >= 0.6 is 12.4 Å². The Hall–Kier alpha value is -2.91. The minimum atomic E-state index is -0.451. The first-order valence-corrected chi connectivity index (χ1v) is 10.1. The summed E-state index contributed by atoms with van der Waals surface area (Å²) >= 11 is 0. The molecule has 31 heavy (non-hydrogen) atoms. The quantitative estimate of drug-likeness (QED) is 0.620. The minimum Gasteiger partial charge on any atom is -0.352 e. The van der Waals surface area contributed by atoms with Crippen molar-refractivity contribution in [1.29, 1.82) is 0 Å². The van der Waals surface area contributed by atoms with Gasteiger partial charge < -0.3 is 9.88 Å². The average Bonchev–Trinajstić information content (AvgIpc) is 3.16. The lowest BCUT2D eigenvalue weighted by Crippen LogP contribution is -2.45. The van der Waals surface area contributed by atoms with Gasteiger partial charge in [0, 0.05) is 39.8 Å². The normalized spacial score (nSPS) is 15.0. The number of nitrogens with zero attached hydrogens (tertiary/aromatic N) is 5. The molecule has 1 aliphatic heterocycles. The molecular formula is C21H27ClN6O3. The average molecular weight is 447 g/mol. The Balaban J connectivity index is 0.00000272. The van der Waals surface area contributed by atoms with E-state index in [2.05, 4.69) is 27.3 Å². The molecule has 0 radical (unpaired) electrons. The van der Waals surface area contributed by atoms with E-state index in [1.807, 2.05) is 18.2 Å².